The summed E-state index contributed by atoms with van der Waals surface area (Å²) in [7, 11) is 0. The van der Waals surface area contributed by atoms with Crippen molar-refractivity contribution in [1.29, 1.82) is 0 Å². The minimum Gasteiger partial charge on any atom is -0.395 e. The fourth-order valence-corrected chi connectivity index (χ4v) is 2.64. The first-order valence-corrected chi connectivity index (χ1v) is 6.34. The second-order valence-corrected chi connectivity index (χ2v) is 5.09. The molecule has 0 amide bonds. The van der Waals surface area contributed by atoms with E-state index < -0.39 is 0 Å². The van der Waals surface area contributed by atoms with Gasteiger partial charge in [0.15, 0.2) is 0 Å². The molecule has 2 rings (SSSR count). The number of aliphatic hydroxyl groups excluding tert-OH is 1. The summed E-state index contributed by atoms with van der Waals surface area (Å²) in [6, 6.07) is 8.95. The summed E-state index contributed by atoms with van der Waals surface area (Å²) in [6.45, 7) is 4.97. The molecule has 3 nitrogen and oxygen atoms in total. The third-order valence-electron chi connectivity index (χ3n) is 3.52. The van der Waals surface area contributed by atoms with Gasteiger partial charge in [-0.05, 0) is 24.8 Å². The molecule has 3 heteroatoms. The van der Waals surface area contributed by atoms with Crippen molar-refractivity contribution in [3.63, 3.8) is 0 Å². The van der Waals surface area contributed by atoms with E-state index in [-0.39, 0.29) is 12.6 Å². The summed E-state index contributed by atoms with van der Waals surface area (Å²) < 4.78 is 0. The van der Waals surface area contributed by atoms with E-state index in [1.54, 1.807) is 0 Å². The van der Waals surface area contributed by atoms with Crippen LogP contribution in [0.1, 0.15) is 23.5 Å². The Balaban J connectivity index is 2.06. The number of hydrogen-bond donors (Lipinski definition) is 2. The summed E-state index contributed by atoms with van der Waals surface area (Å²) in [5.41, 5.74) is 8.75. The van der Waals surface area contributed by atoms with Gasteiger partial charge in [0, 0.05) is 25.7 Å². The van der Waals surface area contributed by atoms with Gasteiger partial charge in [-0.15, -0.1) is 0 Å². The van der Waals surface area contributed by atoms with E-state index in [1.807, 2.05) is 0 Å². The lowest BCUT2D eigenvalue weighted by molar-refractivity contribution is 0.149. The van der Waals surface area contributed by atoms with Crippen LogP contribution >= 0.6 is 0 Å². The molecule has 0 spiro atoms. The molecule has 2 atom stereocenters. The van der Waals surface area contributed by atoms with Crippen molar-refractivity contribution >= 4 is 0 Å². The van der Waals surface area contributed by atoms with Gasteiger partial charge in [0.1, 0.15) is 0 Å². The molecule has 1 heterocycles. The molecule has 2 unspecified atom stereocenters. The van der Waals surface area contributed by atoms with Crippen molar-refractivity contribution in [1.82, 2.24) is 4.90 Å². The molecule has 0 saturated carbocycles. The molecule has 1 saturated heterocycles. The maximum absolute atomic E-state index is 9.02. The number of piperidine rings is 1. The molecule has 0 aliphatic carbocycles. The van der Waals surface area contributed by atoms with Crippen molar-refractivity contribution in [2.75, 3.05) is 26.2 Å². The first-order chi connectivity index (χ1) is 8.19. The predicted molar refractivity (Wildman–Crippen MR) is 70.0 cm³/mol. The average molecular weight is 234 g/mol. The van der Waals surface area contributed by atoms with Crippen LogP contribution in [0.15, 0.2) is 24.3 Å². The minimum absolute atomic E-state index is 0.216. The highest BCUT2D eigenvalue weighted by atomic mass is 16.3. The lowest BCUT2D eigenvalue weighted by Crippen LogP contribution is -2.47. The molecule has 0 bridgehead atoms. The quantitative estimate of drug-likeness (QED) is 0.823. The monoisotopic (exact) mass is 234 g/mol. The molecule has 3 N–H and O–H groups in total. The van der Waals surface area contributed by atoms with Gasteiger partial charge in [-0.3, -0.25) is 4.90 Å². The second-order valence-electron chi connectivity index (χ2n) is 5.09. The number of rotatable bonds is 3. The molecule has 1 aliphatic heterocycles. The Bertz CT molecular complexity index is 350. The first kappa shape index (κ1) is 12.6. The largest absolute Gasteiger partial charge is 0.395 e. The maximum Gasteiger partial charge on any atom is 0.0558 e. The van der Waals surface area contributed by atoms with Gasteiger partial charge in [0.25, 0.3) is 0 Å². The summed E-state index contributed by atoms with van der Waals surface area (Å²) in [6.07, 6.45) is 1.05. The van der Waals surface area contributed by atoms with E-state index >= 15 is 0 Å². The molecule has 0 radical (unpaired) electrons. The highest BCUT2D eigenvalue weighted by Crippen LogP contribution is 2.26. The van der Waals surface area contributed by atoms with Crippen molar-refractivity contribution in [2.24, 2.45) is 5.73 Å². The Morgan fingerprint density at radius 3 is 2.65 bits per heavy atom. The smallest absolute Gasteiger partial charge is 0.0558 e. The SMILES string of the molecule is Cc1ccc(C2CC(N)CN(CCO)C2)cc1. The van der Waals surface area contributed by atoms with Gasteiger partial charge in [0.05, 0.1) is 6.61 Å². The van der Waals surface area contributed by atoms with Crippen LogP contribution in [-0.4, -0.2) is 42.3 Å². The van der Waals surface area contributed by atoms with E-state index in [0.717, 1.165) is 26.1 Å². The van der Waals surface area contributed by atoms with Crippen molar-refractivity contribution in [3.8, 4) is 0 Å². The second kappa shape index (κ2) is 5.63. The van der Waals surface area contributed by atoms with Gasteiger partial charge in [-0.1, -0.05) is 29.8 Å². The van der Waals surface area contributed by atoms with Crippen LogP contribution in [0.4, 0.5) is 0 Å². The fraction of sp³-hybridized carbons (Fsp3) is 0.571. The van der Waals surface area contributed by atoms with Crippen molar-refractivity contribution in [3.05, 3.63) is 35.4 Å². The fourth-order valence-electron chi connectivity index (χ4n) is 2.64. The molecule has 17 heavy (non-hydrogen) atoms. The van der Waals surface area contributed by atoms with E-state index in [9.17, 15) is 0 Å². The molecule has 1 aromatic carbocycles. The standard InChI is InChI=1S/C14H22N2O/c1-11-2-4-12(5-3-11)13-8-14(15)10-16(9-13)6-7-17/h2-5,13-14,17H,6-10,15H2,1H3. The van der Waals surface area contributed by atoms with Crippen LogP contribution in [0.3, 0.4) is 0 Å². The summed E-state index contributed by atoms with van der Waals surface area (Å²) in [4.78, 5) is 2.26. The number of aliphatic hydroxyl groups is 1. The highest BCUT2D eigenvalue weighted by Gasteiger charge is 2.25. The number of benzene rings is 1. The molecule has 94 valence electrons. The zero-order valence-corrected chi connectivity index (χ0v) is 10.5. The van der Waals surface area contributed by atoms with Gasteiger partial charge in [0.2, 0.25) is 0 Å². The van der Waals surface area contributed by atoms with Gasteiger partial charge in [-0.25, -0.2) is 0 Å². The normalized spacial score (nSPS) is 26.1. The lowest BCUT2D eigenvalue weighted by atomic mass is 9.88. The van der Waals surface area contributed by atoms with Crippen LogP contribution in [0, 0.1) is 6.92 Å². The Labute approximate surface area is 103 Å². The zero-order valence-electron chi connectivity index (χ0n) is 10.5. The molecule has 0 aromatic heterocycles. The van der Waals surface area contributed by atoms with Crippen LogP contribution < -0.4 is 5.73 Å². The molecular weight excluding hydrogens is 212 g/mol. The van der Waals surface area contributed by atoms with E-state index in [1.165, 1.54) is 11.1 Å². The summed E-state index contributed by atoms with van der Waals surface area (Å²) in [5.74, 6) is 0.505. The van der Waals surface area contributed by atoms with Crippen molar-refractivity contribution in [2.45, 2.75) is 25.3 Å². The van der Waals surface area contributed by atoms with E-state index in [2.05, 4.69) is 36.1 Å². The van der Waals surface area contributed by atoms with E-state index in [4.69, 9.17) is 10.8 Å². The summed E-state index contributed by atoms with van der Waals surface area (Å²) >= 11 is 0. The number of nitrogens with two attached hydrogens (primary N) is 1. The number of aryl methyl sites for hydroxylation is 1. The topological polar surface area (TPSA) is 49.5 Å². The Morgan fingerprint density at radius 2 is 2.00 bits per heavy atom. The number of likely N-dealkylation sites (tertiary alicyclic amines) is 1. The first-order valence-electron chi connectivity index (χ1n) is 6.34. The molecule has 1 aromatic rings. The Kier molecular flexibility index (Phi) is 4.15. The van der Waals surface area contributed by atoms with Crippen LogP contribution in [0.25, 0.3) is 0 Å². The average Bonchev–Trinajstić information content (AvgIpc) is 2.29. The highest BCUT2D eigenvalue weighted by molar-refractivity contribution is 5.25. The number of hydrogen-bond acceptors (Lipinski definition) is 3. The van der Waals surface area contributed by atoms with Gasteiger partial charge < -0.3 is 10.8 Å². The number of nitrogens with zero attached hydrogens (tertiary/aromatic N) is 1. The maximum atomic E-state index is 9.02. The van der Waals surface area contributed by atoms with Crippen molar-refractivity contribution < 1.29 is 5.11 Å². The van der Waals surface area contributed by atoms with Crippen LogP contribution in [0.5, 0.6) is 0 Å². The van der Waals surface area contributed by atoms with Gasteiger partial charge >= 0.3 is 0 Å². The molecule has 1 aliphatic rings. The minimum atomic E-state index is 0.216. The van der Waals surface area contributed by atoms with Crippen LogP contribution in [-0.2, 0) is 0 Å². The lowest BCUT2D eigenvalue weighted by Gasteiger charge is -2.36. The zero-order chi connectivity index (χ0) is 12.3. The predicted octanol–water partition coefficient (Wildman–Crippen LogP) is 1.10. The van der Waals surface area contributed by atoms with Crippen LogP contribution in [0.2, 0.25) is 0 Å². The van der Waals surface area contributed by atoms with E-state index in [0.29, 0.717) is 5.92 Å². The third-order valence-corrected chi connectivity index (χ3v) is 3.52. The third kappa shape index (κ3) is 3.28. The Morgan fingerprint density at radius 1 is 1.29 bits per heavy atom. The molecular formula is C14H22N2O. The summed E-state index contributed by atoms with van der Waals surface area (Å²) in [5, 5.41) is 9.02. The number of β-amino-alcohol motifs (C(OH)–C–C–N with tert-alkyl or cyclic N) is 1. The van der Waals surface area contributed by atoms with Gasteiger partial charge in [-0.2, -0.15) is 0 Å². The molecule has 1 fully saturated rings. The Hall–Kier alpha value is -0.900.